The smallest absolute Gasteiger partial charge is 0.300 e. The summed E-state index contributed by atoms with van der Waals surface area (Å²) in [6.07, 6.45) is 4.04. The van der Waals surface area contributed by atoms with Crippen molar-refractivity contribution in [2.75, 3.05) is 11.5 Å². The Kier molecular flexibility index (Phi) is 8.67. The third kappa shape index (κ3) is 5.83. The number of anilines is 1. The second-order valence-electron chi connectivity index (χ2n) is 10.3. The monoisotopic (exact) mass is 511 g/mol. The van der Waals surface area contributed by atoms with Gasteiger partial charge in [0.15, 0.2) is 0 Å². The van der Waals surface area contributed by atoms with Gasteiger partial charge in [-0.1, -0.05) is 70.5 Å². The molecule has 0 aliphatic carbocycles. The molecule has 0 saturated carbocycles. The van der Waals surface area contributed by atoms with Crippen LogP contribution in [-0.2, 0) is 22.4 Å². The van der Waals surface area contributed by atoms with Crippen molar-refractivity contribution in [1.82, 2.24) is 0 Å². The molecule has 1 aliphatic heterocycles. The molecule has 0 spiro atoms. The van der Waals surface area contributed by atoms with E-state index in [9.17, 15) is 14.7 Å². The van der Waals surface area contributed by atoms with Gasteiger partial charge in [-0.05, 0) is 78.3 Å². The minimum atomic E-state index is -0.737. The lowest BCUT2D eigenvalue weighted by Crippen LogP contribution is -2.29. The summed E-state index contributed by atoms with van der Waals surface area (Å²) in [6.45, 7) is 8.97. The van der Waals surface area contributed by atoms with Gasteiger partial charge >= 0.3 is 0 Å². The molecule has 1 amide bonds. The van der Waals surface area contributed by atoms with Crippen molar-refractivity contribution in [3.05, 3.63) is 101 Å². The maximum Gasteiger partial charge on any atom is 0.300 e. The van der Waals surface area contributed by atoms with Crippen molar-refractivity contribution >= 4 is 23.1 Å². The zero-order valence-corrected chi connectivity index (χ0v) is 22.7. The third-order valence-corrected chi connectivity index (χ3v) is 6.89. The first-order chi connectivity index (χ1) is 18.3. The third-order valence-electron chi connectivity index (χ3n) is 6.89. The zero-order valence-electron chi connectivity index (χ0n) is 22.7. The predicted molar refractivity (Wildman–Crippen MR) is 152 cm³/mol. The number of Topliss-reactive ketones (excluding diaryl/α,β-unsaturated/α-hetero) is 1. The van der Waals surface area contributed by atoms with Crippen LogP contribution >= 0.6 is 0 Å². The summed E-state index contributed by atoms with van der Waals surface area (Å²) in [5.74, 6) is -0.452. The minimum Gasteiger partial charge on any atom is -0.507 e. The predicted octanol–water partition coefficient (Wildman–Crippen LogP) is 7.25. The molecule has 198 valence electrons. The first-order valence-corrected chi connectivity index (χ1v) is 13.6. The van der Waals surface area contributed by atoms with Crippen LogP contribution in [0.4, 0.5) is 5.69 Å². The van der Waals surface area contributed by atoms with Gasteiger partial charge in [0, 0.05) is 11.3 Å². The Balaban J connectivity index is 1.77. The maximum atomic E-state index is 13.4. The first kappa shape index (κ1) is 27.2. The molecule has 4 rings (SSSR count). The van der Waals surface area contributed by atoms with E-state index in [1.807, 2.05) is 48.5 Å². The van der Waals surface area contributed by atoms with Gasteiger partial charge in [-0.15, -0.1) is 0 Å². The van der Waals surface area contributed by atoms with E-state index < -0.39 is 17.7 Å². The van der Waals surface area contributed by atoms with Crippen LogP contribution < -0.4 is 9.64 Å². The molecule has 0 bridgehead atoms. The second-order valence-corrected chi connectivity index (χ2v) is 10.3. The van der Waals surface area contributed by atoms with Gasteiger partial charge in [0.05, 0.1) is 18.2 Å². The Morgan fingerprint density at radius 1 is 0.895 bits per heavy atom. The molecule has 0 radical (unpaired) electrons. The minimum absolute atomic E-state index is 0.0881. The van der Waals surface area contributed by atoms with E-state index in [4.69, 9.17) is 4.74 Å². The fraction of sp³-hybridized carbons (Fsp3) is 0.333. The molecule has 1 heterocycles. The summed E-state index contributed by atoms with van der Waals surface area (Å²) in [4.78, 5) is 28.4. The second kappa shape index (κ2) is 12.1. The van der Waals surface area contributed by atoms with Crippen molar-refractivity contribution in [3.63, 3.8) is 0 Å². The van der Waals surface area contributed by atoms with Crippen LogP contribution in [0.1, 0.15) is 68.8 Å². The van der Waals surface area contributed by atoms with Crippen LogP contribution in [-0.4, -0.2) is 23.4 Å². The number of aliphatic hydroxyl groups is 1. The Morgan fingerprint density at radius 3 is 2.11 bits per heavy atom. The molecule has 1 N–H and O–H groups in total. The number of aryl methyl sites for hydroxylation is 2. The summed E-state index contributed by atoms with van der Waals surface area (Å²) >= 11 is 0. The average Bonchev–Trinajstić information content (AvgIpc) is 3.21. The van der Waals surface area contributed by atoms with Crippen LogP contribution in [0.15, 0.2) is 78.4 Å². The highest BCUT2D eigenvalue weighted by atomic mass is 16.5. The van der Waals surface area contributed by atoms with Crippen LogP contribution in [0, 0.1) is 5.92 Å². The highest BCUT2D eigenvalue weighted by molar-refractivity contribution is 6.51. The standard InChI is InChI=1S/C33H37NO4/c1-5-7-8-24-11-17-27(18-12-24)34-30(25-13-9-23(6-2)10-14-25)29(32(36)33(34)37)31(35)26-15-19-28(20-16-26)38-21-22(3)4/h9-20,22,30,35H,5-8,21H2,1-4H3/b31-29+. The number of nitrogens with zero attached hydrogens (tertiary/aromatic N) is 1. The van der Waals surface area contributed by atoms with Gasteiger partial charge in [-0.2, -0.15) is 0 Å². The van der Waals surface area contributed by atoms with Gasteiger partial charge in [0.25, 0.3) is 11.7 Å². The van der Waals surface area contributed by atoms with Crippen molar-refractivity contribution < 1.29 is 19.4 Å². The number of hydrogen-bond donors (Lipinski definition) is 1. The summed E-state index contributed by atoms with van der Waals surface area (Å²) in [5, 5.41) is 11.4. The van der Waals surface area contributed by atoms with Gasteiger partial charge < -0.3 is 9.84 Å². The van der Waals surface area contributed by atoms with E-state index in [0.29, 0.717) is 29.5 Å². The average molecular weight is 512 g/mol. The van der Waals surface area contributed by atoms with E-state index in [-0.39, 0.29) is 11.3 Å². The van der Waals surface area contributed by atoms with Gasteiger partial charge in [0.1, 0.15) is 11.5 Å². The number of aliphatic hydroxyl groups excluding tert-OH is 1. The van der Waals surface area contributed by atoms with Crippen molar-refractivity contribution in [3.8, 4) is 5.75 Å². The topological polar surface area (TPSA) is 66.8 Å². The number of ether oxygens (including phenoxy) is 1. The Hall–Kier alpha value is -3.86. The molecule has 3 aromatic rings. The van der Waals surface area contributed by atoms with Gasteiger partial charge in [0.2, 0.25) is 0 Å². The van der Waals surface area contributed by atoms with Crippen LogP contribution in [0.25, 0.3) is 5.76 Å². The van der Waals surface area contributed by atoms with Crippen molar-refractivity contribution in [1.29, 1.82) is 0 Å². The number of unbranched alkanes of at least 4 members (excludes halogenated alkanes) is 1. The number of carbonyl (C=O) groups is 2. The number of benzene rings is 3. The van der Waals surface area contributed by atoms with Gasteiger partial charge in [-0.3, -0.25) is 14.5 Å². The summed E-state index contributed by atoms with van der Waals surface area (Å²) in [5.41, 5.74) is 4.30. The molecule has 1 unspecified atom stereocenters. The normalized spacial score (nSPS) is 16.9. The molecular formula is C33H37NO4. The quantitative estimate of drug-likeness (QED) is 0.177. The summed E-state index contributed by atoms with van der Waals surface area (Å²) in [7, 11) is 0. The van der Waals surface area contributed by atoms with Gasteiger partial charge in [-0.25, -0.2) is 0 Å². The van der Waals surface area contributed by atoms with Crippen LogP contribution in [0.5, 0.6) is 5.75 Å². The summed E-state index contributed by atoms with van der Waals surface area (Å²) in [6, 6.07) is 21.9. The maximum absolute atomic E-state index is 13.4. The number of amides is 1. The van der Waals surface area contributed by atoms with E-state index in [1.54, 1.807) is 24.3 Å². The Morgan fingerprint density at radius 2 is 1.53 bits per heavy atom. The Bertz CT molecular complexity index is 1290. The lowest BCUT2D eigenvalue weighted by Gasteiger charge is -2.26. The summed E-state index contributed by atoms with van der Waals surface area (Å²) < 4.78 is 5.76. The fourth-order valence-corrected chi connectivity index (χ4v) is 4.68. The van der Waals surface area contributed by atoms with Crippen LogP contribution in [0.2, 0.25) is 0 Å². The molecule has 1 aliphatic rings. The van der Waals surface area contributed by atoms with E-state index >= 15 is 0 Å². The fourth-order valence-electron chi connectivity index (χ4n) is 4.68. The van der Waals surface area contributed by atoms with E-state index in [1.165, 1.54) is 10.5 Å². The molecule has 1 saturated heterocycles. The molecular weight excluding hydrogens is 474 g/mol. The highest BCUT2D eigenvalue weighted by Crippen LogP contribution is 2.42. The lowest BCUT2D eigenvalue weighted by atomic mass is 9.94. The van der Waals surface area contributed by atoms with Crippen LogP contribution in [0.3, 0.4) is 0 Å². The van der Waals surface area contributed by atoms with E-state index in [2.05, 4.69) is 27.7 Å². The number of ketones is 1. The van der Waals surface area contributed by atoms with Crippen molar-refractivity contribution in [2.24, 2.45) is 5.92 Å². The number of hydrogen-bond acceptors (Lipinski definition) is 4. The first-order valence-electron chi connectivity index (χ1n) is 13.6. The molecule has 5 heteroatoms. The molecule has 1 fully saturated rings. The highest BCUT2D eigenvalue weighted by Gasteiger charge is 2.46. The van der Waals surface area contributed by atoms with E-state index in [0.717, 1.165) is 36.8 Å². The Labute approximate surface area is 225 Å². The zero-order chi connectivity index (χ0) is 27.2. The van der Waals surface area contributed by atoms with Crippen molar-refractivity contribution in [2.45, 2.75) is 59.4 Å². The number of carbonyl (C=O) groups excluding carboxylic acids is 2. The molecule has 5 nitrogen and oxygen atoms in total. The lowest BCUT2D eigenvalue weighted by molar-refractivity contribution is -0.132. The SMILES string of the molecule is CCCCc1ccc(N2C(=O)C(=O)/C(=C(/O)c3ccc(OCC(C)C)cc3)C2c2ccc(CC)cc2)cc1. The largest absolute Gasteiger partial charge is 0.507 e. The molecule has 3 aromatic carbocycles. The molecule has 38 heavy (non-hydrogen) atoms. The molecule has 0 aromatic heterocycles. The molecule has 1 atom stereocenters. The number of rotatable bonds is 10.